The van der Waals surface area contributed by atoms with Gasteiger partial charge in [-0.3, -0.25) is 4.79 Å². The molecule has 0 aromatic heterocycles. The van der Waals surface area contributed by atoms with Gasteiger partial charge in [-0.25, -0.2) is 4.99 Å². The maximum absolute atomic E-state index is 11.6. The second kappa shape index (κ2) is 11.3. The number of nitrogens with one attached hydrogen (secondary N) is 1. The lowest BCUT2D eigenvalue weighted by molar-refractivity contribution is -0.146. The molecule has 0 amide bonds. The van der Waals surface area contributed by atoms with Gasteiger partial charge in [0.1, 0.15) is 0 Å². The van der Waals surface area contributed by atoms with Crippen molar-refractivity contribution in [1.82, 2.24) is 10.2 Å². The van der Waals surface area contributed by atoms with Crippen LogP contribution in [0.1, 0.15) is 30.9 Å². The van der Waals surface area contributed by atoms with Crippen LogP contribution < -0.4 is 5.32 Å². The number of methoxy groups -OCH3 is 1. The molecule has 1 aromatic carbocycles. The average molecular weight is 461 g/mol. The lowest BCUT2D eigenvalue weighted by Gasteiger charge is -2.33. The van der Waals surface area contributed by atoms with Gasteiger partial charge in [0.05, 0.1) is 26.2 Å². The van der Waals surface area contributed by atoms with Gasteiger partial charge in [0.25, 0.3) is 0 Å². The lowest BCUT2D eigenvalue weighted by atomic mass is 9.97. The Kier molecular flexibility index (Phi) is 9.81. The molecule has 1 aliphatic heterocycles. The molecular weight excluding hydrogens is 433 g/mol. The second-order valence-electron chi connectivity index (χ2n) is 5.88. The molecule has 7 heteroatoms. The number of nitrogens with zero attached hydrogens (tertiary/aromatic N) is 2. The number of carbonyl (C=O) groups is 1. The van der Waals surface area contributed by atoms with Crippen molar-refractivity contribution in [1.29, 1.82) is 0 Å². The number of carbonyl (C=O) groups excluding carboxylic acids is 1. The standard InChI is InChI=1S/C18H27N3O3.HI/c1-3-19-18(20-12-15-6-4-5-7-16(15)13-22)21-10-8-14(9-11-21)17(23)24-2;/h4-7,14,22H,3,8-13H2,1-2H3,(H,19,20);1H. The molecule has 140 valence electrons. The number of likely N-dealkylation sites (tertiary alicyclic amines) is 1. The van der Waals surface area contributed by atoms with Crippen LogP contribution >= 0.6 is 24.0 Å². The van der Waals surface area contributed by atoms with E-state index in [9.17, 15) is 9.90 Å². The number of rotatable bonds is 5. The topological polar surface area (TPSA) is 74.2 Å². The second-order valence-corrected chi connectivity index (χ2v) is 5.88. The normalized spacial score (nSPS) is 15.5. The third kappa shape index (κ3) is 6.14. The van der Waals surface area contributed by atoms with Gasteiger partial charge < -0.3 is 20.1 Å². The van der Waals surface area contributed by atoms with Crippen LogP contribution in [0.15, 0.2) is 29.3 Å². The van der Waals surface area contributed by atoms with Crippen LogP contribution in [0, 0.1) is 5.92 Å². The van der Waals surface area contributed by atoms with E-state index in [1.54, 1.807) is 0 Å². The largest absolute Gasteiger partial charge is 0.469 e. The van der Waals surface area contributed by atoms with Crippen molar-refractivity contribution >= 4 is 35.9 Å². The third-order valence-corrected chi connectivity index (χ3v) is 4.35. The van der Waals surface area contributed by atoms with E-state index >= 15 is 0 Å². The zero-order valence-corrected chi connectivity index (χ0v) is 17.2. The van der Waals surface area contributed by atoms with E-state index in [1.807, 2.05) is 31.2 Å². The zero-order valence-electron chi connectivity index (χ0n) is 14.9. The quantitative estimate of drug-likeness (QED) is 0.304. The number of aliphatic hydroxyl groups is 1. The van der Waals surface area contributed by atoms with Crippen molar-refractivity contribution in [2.24, 2.45) is 10.9 Å². The molecule has 2 rings (SSSR count). The molecule has 0 spiro atoms. The Hall–Kier alpha value is -1.35. The molecular formula is C18H28IN3O3. The number of halogens is 1. The Morgan fingerprint density at radius 1 is 1.32 bits per heavy atom. The van der Waals surface area contributed by atoms with E-state index in [-0.39, 0.29) is 42.5 Å². The summed E-state index contributed by atoms with van der Waals surface area (Å²) in [6.07, 6.45) is 1.56. The minimum atomic E-state index is -0.117. The zero-order chi connectivity index (χ0) is 17.4. The summed E-state index contributed by atoms with van der Waals surface area (Å²) >= 11 is 0. The summed E-state index contributed by atoms with van der Waals surface area (Å²) in [6.45, 7) is 4.94. The van der Waals surface area contributed by atoms with Gasteiger partial charge in [0.2, 0.25) is 0 Å². The maximum Gasteiger partial charge on any atom is 0.308 e. The third-order valence-electron chi connectivity index (χ3n) is 4.35. The lowest BCUT2D eigenvalue weighted by Crippen LogP contribution is -2.46. The molecule has 0 radical (unpaired) electrons. The van der Waals surface area contributed by atoms with Gasteiger partial charge in [-0.2, -0.15) is 0 Å². The predicted molar refractivity (Wildman–Crippen MR) is 109 cm³/mol. The molecule has 0 bridgehead atoms. The Labute approximate surface area is 166 Å². The van der Waals surface area contributed by atoms with Crippen LogP contribution in [0.4, 0.5) is 0 Å². The maximum atomic E-state index is 11.6. The molecule has 25 heavy (non-hydrogen) atoms. The Morgan fingerprint density at radius 2 is 1.96 bits per heavy atom. The number of hydrogen-bond donors (Lipinski definition) is 2. The summed E-state index contributed by atoms with van der Waals surface area (Å²) in [5.74, 6) is 0.728. The van der Waals surface area contributed by atoms with E-state index in [0.717, 1.165) is 49.6 Å². The number of ether oxygens (including phenoxy) is 1. The summed E-state index contributed by atoms with van der Waals surface area (Å²) in [5.41, 5.74) is 1.93. The highest BCUT2D eigenvalue weighted by Crippen LogP contribution is 2.19. The van der Waals surface area contributed by atoms with Crippen LogP contribution in [0.2, 0.25) is 0 Å². The monoisotopic (exact) mass is 461 g/mol. The van der Waals surface area contributed by atoms with Gasteiger partial charge >= 0.3 is 5.97 Å². The highest BCUT2D eigenvalue weighted by atomic mass is 127. The van der Waals surface area contributed by atoms with Crippen LogP contribution in [-0.4, -0.2) is 48.7 Å². The van der Waals surface area contributed by atoms with E-state index in [4.69, 9.17) is 9.73 Å². The minimum Gasteiger partial charge on any atom is -0.469 e. The summed E-state index contributed by atoms with van der Waals surface area (Å²) < 4.78 is 4.84. The molecule has 0 aliphatic carbocycles. The van der Waals surface area contributed by atoms with Crippen LogP contribution in [0.3, 0.4) is 0 Å². The fourth-order valence-corrected chi connectivity index (χ4v) is 2.95. The molecule has 1 heterocycles. The molecule has 1 aliphatic rings. The first-order valence-corrected chi connectivity index (χ1v) is 8.48. The van der Waals surface area contributed by atoms with Gasteiger partial charge in [-0.15, -0.1) is 24.0 Å². The number of benzene rings is 1. The summed E-state index contributed by atoms with van der Waals surface area (Å²) in [7, 11) is 1.44. The first-order chi connectivity index (χ1) is 11.7. The van der Waals surface area contributed by atoms with Crippen molar-refractivity contribution in [3.8, 4) is 0 Å². The average Bonchev–Trinajstić information content (AvgIpc) is 2.64. The number of guanidine groups is 1. The van der Waals surface area contributed by atoms with Crippen molar-refractivity contribution in [3.05, 3.63) is 35.4 Å². The van der Waals surface area contributed by atoms with Crippen molar-refractivity contribution in [3.63, 3.8) is 0 Å². The Bertz CT molecular complexity index is 572. The summed E-state index contributed by atoms with van der Waals surface area (Å²) in [6, 6.07) is 7.78. The smallest absolute Gasteiger partial charge is 0.308 e. The van der Waals surface area contributed by atoms with Gasteiger partial charge in [0.15, 0.2) is 5.96 Å². The SMILES string of the molecule is CCNC(=NCc1ccccc1CO)N1CCC(C(=O)OC)CC1.I. The fourth-order valence-electron chi connectivity index (χ4n) is 2.95. The summed E-state index contributed by atoms with van der Waals surface area (Å²) in [5, 5.41) is 12.7. The van der Waals surface area contributed by atoms with Crippen LogP contribution in [0.5, 0.6) is 0 Å². The number of esters is 1. The fraction of sp³-hybridized carbons (Fsp3) is 0.556. The molecule has 1 saturated heterocycles. The van der Waals surface area contributed by atoms with Crippen LogP contribution in [-0.2, 0) is 22.7 Å². The van der Waals surface area contributed by atoms with E-state index in [2.05, 4.69) is 10.2 Å². The van der Waals surface area contributed by atoms with Crippen molar-refractivity contribution < 1.29 is 14.6 Å². The highest BCUT2D eigenvalue weighted by Gasteiger charge is 2.26. The van der Waals surface area contributed by atoms with Gasteiger partial charge in [-0.05, 0) is 30.9 Å². The van der Waals surface area contributed by atoms with E-state index < -0.39 is 0 Å². The highest BCUT2D eigenvalue weighted by molar-refractivity contribution is 14.0. The van der Waals surface area contributed by atoms with Crippen LogP contribution in [0.25, 0.3) is 0 Å². The van der Waals surface area contributed by atoms with E-state index in [0.29, 0.717) is 6.54 Å². The molecule has 2 N–H and O–H groups in total. The first kappa shape index (κ1) is 21.7. The molecule has 1 aromatic rings. The Morgan fingerprint density at radius 3 is 2.52 bits per heavy atom. The molecule has 1 fully saturated rings. The predicted octanol–water partition coefficient (Wildman–Crippen LogP) is 2.15. The molecule has 6 nitrogen and oxygen atoms in total. The number of hydrogen-bond acceptors (Lipinski definition) is 4. The van der Waals surface area contributed by atoms with Crippen molar-refractivity contribution in [2.45, 2.75) is 32.9 Å². The van der Waals surface area contributed by atoms with Gasteiger partial charge in [0, 0.05) is 19.6 Å². The molecule has 0 atom stereocenters. The molecule has 0 unspecified atom stereocenters. The minimum absolute atomic E-state index is 0. The number of aliphatic hydroxyl groups excluding tert-OH is 1. The Balaban J connectivity index is 0.00000312. The number of aliphatic imine (C=N–C) groups is 1. The van der Waals surface area contributed by atoms with Gasteiger partial charge in [-0.1, -0.05) is 24.3 Å². The number of piperidine rings is 1. The summed E-state index contributed by atoms with van der Waals surface area (Å²) in [4.78, 5) is 18.5. The first-order valence-electron chi connectivity index (χ1n) is 8.48. The van der Waals surface area contributed by atoms with Crippen molar-refractivity contribution in [2.75, 3.05) is 26.7 Å². The molecule has 0 saturated carbocycles. The van der Waals surface area contributed by atoms with E-state index in [1.165, 1.54) is 7.11 Å².